The predicted molar refractivity (Wildman–Crippen MR) is 159 cm³/mol. The molecule has 1 amide bonds. The van der Waals surface area contributed by atoms with Gasteiger partial charge in [-0.15, -0.1) is 0 Å². The molecule has 9 nitrogen and oxygen atoms in total. The van der Waals surface area contributed by atoms with Gasteiger partial charge in [-0.05, 0) is 84.4 Å². The second kappa shape index (κ2) is 12.6. The van der Waals surface area contributed by atoms with Gasteiger partial charge in [0.1, 0.15) is 12.4 Å². The summed E-state index contributed by atoms with van der Waals surface area (Å²) in [6.45, 7) is 3.28. The fourth-order valence-electron chi connectivity index (χ4n) is 4.29. The van der Waals surface area contributed by atoms with Crippen molar-refractivity contribution in [1.82, 2.24) is 9.99 Å². The van der Waals surface area contributed by atoms with Crippen molar-refractivity contribution in [2.24, 2.45) is 5.10 Å². The van der Waals surface area contributed by atoms with E-state index in [0.717, 1.165) is 43.5 Å². The molecule has 1 heterocycles. The molecular formula is C29H28BrFN4O5S. The lowest BCUT2D eigenvalue weighted by molar-refractivity contribution is -0.119. The smallest absolute Gasteiger partial charge is 0.264 e. The Kier molecular flexibility index (Phi) is 9.14. The van der Waals surface area contributed by atoms with E-state index in [-0.39, 0.29) is 16.3 Å². The Morgan fingerprint density at radius 3 is 2.37 bits per heavy atom. The number of hydrogen-bond donors (Lipinski definition) is 1. The molecule has 0 spiro atoms. The lowest BCUT2D eigenvalue weighted by Crippen LogP contribution is -2.39. The van der Waals surface area contributed by atoms with Crippen molar-refractivity contribution in [3.05, 3.63) is 100 Å². The van der Waals surface area contributed by atoms with Crippen molar-refractivity contribution >= 4 is 43.8 Å². The Morgan fingerprint density at radius 2 is 1.71 bits per heavy atom. The topological polar surface area (TPSA) is 102 Å². The van der Waals surface area contributed by atoms with E-state index in [1.54, 1.807) is 0 Å². The van der Waals surface area contributed by atoms with E-state index in [4.69, 9.17) is 9.47 Å². The van der Waals surface area contributed by atoms with Crippen molar-refractivity contribution in [3.8, 4) is 17.2 Å². The zero-order valence-electron chi connectivity index (χ0n) is 22.8. The van der Waals surface area contributed by atoms with Gasteiger partial charge in [-0.25, -0.2) is 18.2 Å². The first-order chi connectivity index (χ1) is 19.6. The van der Waals surface area contributed by atoms with Crippen LogP contribution in [0.5, 0.6) is 11.5 Å². The maximum absolute atomic E-state index is 13.7. The number of methoxy groups -OCH3 is 2. The van der Waals surface area contributed by atoms with Crippen LogP contribution in [0.2, 0.25) is 0 Å². The predicted octanol–water partition coefficient (Wildman–Crippen LogP) is 5.36. The maximum atomic E-state index is 13.7. The number of ether oxygens (including phenoxy) is 2. The SMILES string of the molecule is COc1ccc(S(=O)(=O)N(CC(=O)N/N=C\c2cc(C)n(-c3ccccc3Br)c2C)c2ccc(F)cc2)cc1OC. The number of rotatable bonds is 10. The molecule has 0 unspecified atom stereocenters. The highest BCUT2D eigenvalue weighted by molar-refractivity contribution is 9.10. The normalized spacial score (nSPS) is 11.5. The Bertz CT molecular complexity index is 1700. The van der Waals surface area contributed by atoms with E-state index in [0.29, 0.717) is 5.75 Å². The third-order valence-electron chi connectivity index (χ3n) is 6.30. The quantitative estimate of drug-likeness (QED) is 0.185. The van der Waals surface area contributed by atoms with Crippen LogP contribution in [0.25, 0.3) is 5.69 Å². The summed E-state index contributed by atoms with van der Waals surface area (Å²) in [7, 11) is -1.47. The molecule has 214 valence electrons. The van der Waals surface area contributed by atoms with Gasteiger partial charge in [0.15, 0.2) is 11.5 Å². The number of hydrogen-bond acceptors (Lipinski definition) is 6. The van der Waals surface area contributed by atoms with Crippen LogP contribution < -0.4 is 19.2 Å². The van der Waals surface area contributed by atoms with Crippen molar-refractivity contribution in [2.75, 3.05) is 25.1 Å². The number of hydrazone groups is 1. The molecule has 0 saturated heterocycles. The van der Waals surface area contributed by atoms with Gasteiger partial charge >= 0.3 is 0 Å². The van der Waals surface area contributed by atoms with Crippen molar-refractivity contribution in [2.45, 2.75) is 18.7 Å². The molecule has 0 saturated carbocycles. The number of carbonyl (C=O) groups is 1. The Morgan fingerprint density at radius 1 is 1.02 bits per heavy atom. The third-order valence-corrected chi connectivity index (χ3v) is 8.74. The molecule has 12 heteroatoms. The number of amides is 1. The van der Waals surface area contributed by atoms with Crippen LogP contribution in [-0.4, -0.2) is 45.9 Å². The number of para-hydroxylation sites is 1. The summed E-state index contributed by atoms with van der Waals surface area (Å²) in [5, 5.41) is 4.07. The average molecular weight is 644 g/mol. The molecule has 1 N–H and O–H groups in total. The van der Waals surface area contributed by atoms with Crippen LogP contribution >= 0.6 is 15.9 Å². The fourth-order valence-corrected chi connectivity index (χ4v) is 6.19. The molecule has 0 aliphatic heterocycles. The van der Waals surface area contributed by atoms with Crippen LogP contribution in [0.1, 0.15) is 17.0 Å². The molecule has 4 aromatic rings. The van der Waals surface area contributed by atoms with Crippen molar-refractivity contribution in [3.63, 3.8) is 0 Å². The molecule has 3 aromatic carbocycles. The highest BCUT2D eigenvalue weighted by atomic mass is 79.9. The van der Waals surface area contributed by atoms with Crippen LogP contribution in [0.4, 0.5) is 10.1 Å². The summed E-state index contributed by atoms with van der Waals surface area (Å²) in [4.78, 5) is 12.8. The van der Waals surface area contributed by atoms with Crippen LogP contribution in [0.15, 0.2) is 87.3 Å². The molecule has 41 heavy (non-hydrogen) atoms. The van der Waals surface area contributed by atoms with Gasteiger partial charge < -0.3 is 14.0 Å². The van der Waals surface area contributed by atoms with Gasteiger partial charge in [0.25, 0.3) is 15.9 Å². The second-order valence-electron chi connectivity index (χ2n) is 8.91. The van der Waals surface area contributed by atoms with Crippen molar-refractivity contribution < 1.29 is 27.1 Å². The molecular weight excluding hydrogens is 615 g/mol. The molecule has 0 aliphatic rings. The minimum Gasteiger partial charge on any atom is -0.493 e. The highest BCUT2D eigenvalue weighted by Gasteiger charge is 2.28. The summed E-state index contributed by atoms with van der Waals surface area (Å²) < 4.78 is 55.3. The Labute approximate surface area is 246 Å². The summed E-state index contributed by atoms with van der Waals surface area (Å²) in [6.07, 6.45) is 1.50. The number of carbonyl (C=O) groups excluding carboxylic acids is 1. The molecule has 1 aromatic heterocycles. The lowest BCUT2D eigenvalue weighted by atomic mass is 10.2. The first-order valence-corrected chi connectivity index (χ1v) is 14.6. The Balaban J connectivity index is 1.59. The third kappa shape index (κ3) is 6.44. The van der Waals surface area contributed by atoms with Crippen LogP contribution in [0.3, 0.4) is 0 Å². The number of nitrogens with zero attached hydrogens (tertiary/aromatic N) is 3. The van der Waals surface area contributed by atoms with Gasteiger partial charge in [0.2, 0.25) is 0 Å². The van der Waals surface area contributed by atoms with E-state index in [2.05, 4.69) is 31.0 Å². The van der Waals surface area contributed by atoms with Crippen LogP contribution in [-0.2, 0) is 14.8 Å². The minimum absolute atomic E-state index is 0.0947. The maximum Gasteiger partial charge on any atom is 0.264 e. The van der Waals surface area contributed by atoms with Gasteiger partial charge in [0.05, 0.1) is 36.7 Å². The lowest BCUT2D eigenvalue weighted by Gasteiger charge is -2.24. The van der Waals surface area contributed by atoms with Gasteiger partial charge in [-0.1, -0.05) is 12.1 Å². The number of sulfonamides is 1. The zero-order chi connectivity index (χ0) is 29.7. The first kappa shape index (κ1) is 29.8. The number of anilines is 1. The van der Waals surface area contributed by atoms with Gasteiger partial charge in [-0.2, -0.15) is 5.10 Å². The van der Waals surface area contributed by atoms with Crippen LogP contribution in [0, 0.1) is 19.7 Å². The first-order valence-electron chi connectivity index (χ1n) is 12.3. The van der Waals surface area contributed by atoms with E-state index in [1.165, 1.54) is 50.8 Å². The molecule has 4 rings (SSSR count). The number of aryl methyl sites for hydroxylation is 1. The highest BCUT2D eigenvalue weighted by Crippen LogP contribution is 2.32. The fraction of sp³-hybridized carbons (Fsp3) is 0.172. The zero-order valence-corrected chi connectivity index (χ0v) is 25.2. The van der Waals surface area contributed by atoms with E-state index in [9.17, 15) is 17.6 Å². The number of aromatic nitrogens is 1. The minimum atomic E-state index is -4.29. The number of halogens is 2. The summed E-state index contributed by atoms with van der Waals surface area (Å²) in [6, 6.07) is 18.6. The second-order valence-corrected chi connectivity index (χ2v) is 11.6. The Hall–Kier alpha value is -4.16. The van der Waals surface area contributed by atoms with E-state index >= 15 is 0 Å². The van der Waals surface area contributed by atoms with E-state index < -0.39 is 28.3 Å². The van der Waals surface area contributed by atoms with Gasteiger partial charge in [0, 0.05) is 27.5 Å². The monoisotopic (exact) mass is 642 g/mol. The largest absolute Gasteiger partial charge is 0.493 e. The molecule has 0 fully saturated rings. The van der Waals surface area contributed by atoms with Gasteiger partial charge in [-0.3, -0.25) is 9.10 Å². The molecule has 0 atom stereocenters. The molecule has 0 aliphatic carbocycles. The molecule has 0 bridgehead atoms. The summed E-state index contributed by atoms with van der Waals surface area (Å²) in [5.74, 6) is -0.715. The number of nitrogens with one attached hydrogen (secondary N) is 1. The molecule has 0 radical (unpaired) electrons. The summed E-state index contributed by atoms with van der Waals surface area (Å²) in [5.41, 5.74) is 6.09. The average Bonchev–Trinajstić information content (AvgIpc) is 3.24. The standard InChI is InChI=1S/C29H28BrFN4O5S/c1-19-15-21(20(2)35(19)26-8-6-5-7-25(26)30)17-32-33-29(36)18-34(23-11-9-22(31)10-12-23)41(37,38)24-13-14-27(39-3)28(16-24)40-4/h5-17H,18H2,1-4H3,(H,33,36)/b32-17-. The van der Waals surface area contributed by atoms with E-state index in [1.807, 2.05) is 44.2 Å². The van der Waals surface area contributed by atoms with Crippen molar-refractivity contribution in [1.29, 1.82) is 0 Å². The number of benzene rings is 3. The summed E-state index contributed by atoms with van der Waals surface area (Å²) >= 11 is 3.58.